The minimum atomic E-state index is -0.308. The molecule has 102 valence electrons. The highest BCUT2D eigenvalue weighted by Crippen LogP contribution is 2.38. The molecule has 1 aliphatic heterocycles. The molecule has 0 spiro atoms. The van der Waals surface area contributed by atoms with Crippen LogP contribution < -0.4 is 10.2 Å². The molecule has 0 fully saturated rings. The number of benzene rings is 1. The van der Waals surface area contributed by atoms with Crippen LogP contribution in [0.25, 0.3) is 0 Å². The minimum absolute atomic E-state index is 0.0565. The van der Waals surface area contributed by atoms with Crippen LogP contribution in [0.4, 0.5) is 10.5 Å². The Hall–Kier alpha value is -2.04. The van der Waals surface area contributed by atoms with Crippen molar-refractivity contribution in [1.29, 1.82) is 0 Å². The number of hydrogen-bond donors (Lipinski definition) is 1. The van der Waals surface area contributed by atoms with E-state index in [0.29, 0.717) is 6.42 Å². The number of urea groups is 1. The van der Waals surface area contributed by atoms with E-state index in [-0.39, 0.29) is 24.0 Å². The molecule has 2 amide bonds. The summed E-state index contributed by atoms with van der Waals surface area (Å²) < 4.78 is 4.86. The number of esters is 1. The molecule has 0 bridgehead atoms. The summed E-state index contributed by atoms with van der Waals surface area (Å²) in [6.45, 7) is 1.93. The van der Waals surface area contributed by atoms with Crippen LogP contribution in [0, 0.1) is 0 Å². The van der Waals surface area contributed by atoms with Gasteiger partial charge >= 0.3 is 12.0 Å². The normalized spacial score (nSPS) is 21.5. The monoisotopic (exact) mass is 262 g/mol. The third-order valence-electron chi connectivity index (χ3n) is 3.51. The number of carbonyl (C=O) groups is 2. The van der Waals surface area contributed by atoms with Crippen LogP contribution in [0.3, 0.4) is 0 Å². The summed E-state index contributed by atoms with van der Waals surface area (Å²) in [6, 6.07) is 7.24. The first-order valence-electron chi connectivity index (χ1n) is 6.27. The second kappa shape index (κ2) is 5.30. The molecule has 1 aromatic carbocycles. The van der Waals surface area contributed by atoms with Crippen LogP contribution in [0.2, 0.25) is 0 Å². The van der Waals surface area contributed by atoms with Gasteiger partial charge in [-0.2, -0.15) is 0 Å². The molecule has 5 heteroatoms. The van der Waals surface area contributed by atoms with E-state index in [1.807, 2.05) is 31.2 Å². The molecule has 2 atom stereocenters. The molecule has 19 heavy (non-hydrogen) atoms. The fourth-order valence-corrected chi connectivity index (χ4v) is 2.61. The van der Waals surface area contributed by atoms with Crippen LogP contribution in [0.15, 0.2) is 24.3 Å². The highest BCUT2D eigenvalue weighted by atomic mass is 16.5. The number of carbonyl (C=O) groups excluding carboxylic acids is 2. The van der Waals surface area contributed by atoms with Gasteiger partial charge in [-0.3, -0.25) is 9.69 Å². The van der Waals surface area contributed by atoms with Gasteiger partial charge in [-0.25, -0.2) is 4.79 Å². The minimum Gasteiger partial charge on any atom is -0.469 e. The van der Waals surface area contributed by atoms with Gasteiger partial charge in [-0.05, 0) is 25.0 Å². The van der Waals surface area contributed by atoms with Gasteiger partial charge < -0.3 is 10.1 Å². The van der Waals surface area contributed by atoms with E-state index >= 15 is 0 Å². The van der Waals surface area contributed by atoms with Gasteiger partial charge in [0.15, 0.2) is 0 Å². The Morgan fingerprint density at radius 2 is 2.05 bits per heavy atom. The summed E-state index contributed by atoms with van der Waals surface area (Å²) in [7, 11) is 2.99. The standard InChI is InChI=1S/C14H18N2O3/c1-9-8-11(13(17)19-3)10-6-4-5-7-12(10)16(9)14(18)15-2/h4-7,9,11H,8H2,1-3H3,(H,15,18). The molecule has 2 rings (SSSR count). The Kier molecular flexibility index (Phi) is 3.74. The SMILES string of the molecule is CNC(=O)N1c2ccccc2C(C(=O)OC)CC1C. The first-order valence-corrected chi connectivity index (χ1v) is 6.27. The lowest BCUT2D eigenvalue weighted by atomic mass is 9.86. The van der Waals surface area contributed by atoms with Crippen molar-refractivity contribution in [2.75, 3.05) is 19.1 Å². The van der Waals surface area contributed by atoms with Crippen molar-refractivity contribution in [3.8, 4) is 0 Å². The van der Waals surface area contributed by atoms with Gasteiger partial charge in [0.25, 0.3) is 0 Å². The van der Waals surface area contributed by atoms with E-state index in [1.54, 1.807) is 11.9 Å². The molecule has 5 nitrogen and oxygen atoms in total. The van der Waals surface area contributed by atoms with Gasteiger partial charge in [0.1, 0.15) is 0 Å². The Labute approximate surface area is 112 Å². The average molecular weight is 262 g/mol. The third-order valence-corrected chi connectivity index (χ3v) is 3.51. The summed E-state index contributed by atoms with van der Waals surface area (Å²) in [6.07, 6.45) is 0.567. The third kappa shape index (κ3) is 2.28. The van der Waals surface area contributed by atoms with Crippen molar-refractivity contribution in [1.82, 2.24) is 5.32 Å². The van der Waals surface area contributed by atoms with Crippen LogP contribution in [-0.2, 0) is 9.53 Å². The highest BCUT2D eigenvalue weighted by molar-refractivity contribution is 5.96. The van der Waals surface area contributed by atoms with Gasteiger partial charge in [0, 0.05) is 18.8 Å². The first-order chi connectivity index (χ1) is 9.10. The lowest BCUT2D eigenvalue weighted by molar-refractivity contribution is -0.142. The van der Waals surface area contributed by atoms with E-state index in [9.17, 15) is 9.59 Å². The maximum Gasteiger partial charge on any atom is 0.321 e. The fourth-order valence-electron chi connectivity index (χ4n) is 2.61. The Morgan fingerprint density at radius 1 is 1.37 bits per heavy atom. The van der Waals surface area contributed by atoms with Crippen LogP contribution in [0.5, 0.6) is 0 Å². The van der Waals surface area contributed by atoms with Gasteiger partial charge in [-0.15, -0.1) is 0 Å². The molecule has 0 aliphatic carbocycles. The van der Waals surface area contributed by atoms with Crippen molar-refractivity contribution in [3.63, 3.8) is 0 Å². The number of ether oxygens (including phenoxy) is 1. The summed E-state index contributed by atoms with van der Waals surface area (Å²) in [4.78, 5) is 25.6. The molecule has 1 aliphatic rings. The van der Waals surface area contributed by atoms with Gasteiger partial charge in [-0.1, -0.05) is 18.2 Å². The molecule has 2 unspecified atom stereocenters. The van der Waals surface area contributed by atoms with E-state index < -0.39 is 0 Å². The molecule has 1 aromatic rings. The molecule has 0 radical (unpaired) electrons. The summed E-state index contributed by atoms with van der Waals surface area (Å²) >= 11 is 0. The van der Waals surface area contributed by atoms with E-state index in [4.69, 9.17) is 4.74 Å². The Morgan fingerprint density at radius 3 is 2.68 bits per heavy atom. The first kappa shape index (κ1) is 13.4. The second-order valence-electron chi connectivity index (χ2n) is 4.64. The number of anilines is 1. The quantitative estimate of drug-likeness (QED) is 0.786. The largest absolute Gasteiger partial charge is 0.469 e. The zero-order valence-electron chi connectivity index (χ0n) is 11.3. The van der Waals surface area contributed by atoms with E-state index in [0.717, 1.165) is 11.3 Å². The number of para-hydroxylation sites is 1. The maximum absolute atomic E-state index is 12.0. The average Bonchev–Trinajstić information content (AvgIpc) is 2.44. The summed E-state index contributed by atoms with van der Waals surface area (Å²) in [5.74, 6) is -0.562. The lowest BCUT2D eigenvalue weighted by Gasteiger charge is -2.38. The maximum atomic E-state index is 12.0. The summed E-state index contributed by atoms with van der Waals surface area (Å²) in [5, 5.41) is 2.63. The van der Waals surface area contributed by atoms with Gasteiger partial charge in [0.05, 0.1) is 13.0 Å². The van der Waals surface area contributed by atoms with Crippen LogP contribution >= 0.6 is 0 Å². The van der Waals surface area contributed by atoms with Crippen molar-refractivity contribution in [3.05, 3.63) is 29.8 Å². The molecule has 1 N–H and O–H groups in total. The zero-order valence-corrected chi connectivity index (χ0v) is 11.3. The van der Waals surface area contributed by atoms with E-state index in [1.165, 1.54) is 7.11 Å². The smallest absolute Gasteiger partial charge is 0.321 e. The summed E-state index contributed by atoms with van der Waals surface area (Å²) in [5.41, 5.74) is 1.62. The second-order valence-corrected chi connectivity index (χ2v) is 4.64. The predicted molar refractivity (Wildman–Crippen MR) is 72.2 cm³/mol. The molecule has 0 saturated carbocycles. The van der Waals surface area contributed by atoms with Crippen LogP contribution in [-0.4, -0.2) is 32.2 Å². The number of rotatable bonds is 1. The molecular formula is C14H18N2O3. The number of hydrogen-bond acceptors (Lipinski definition) is 3. The number of nitrogens with one attached hydrogen (secondary N) is 1. The number of fused-ring (bicyclic) bond motifs is 1. The number of amides is 2. The van der Waals surface area contributed by atoms with Gasteiger partial charge in [0.2, 0.25) is 0 Å². The van der Waals surface area contributed by atoms with Crippen molar-refractivity contribution in [2.45, 2.75) is 25.3 Å². The predicted octanol–water partition coefficient (Wildman–Crippen LogP) is 1.88. The fraction of sp³-hybridized carbons (Fsp3) is 0.429. The lowest BCUT2D eigenvalue weighted by Crippen LogP contribution is -2.48. The molecular weight excluding hydrogens is 244 g/mol. The number of nitrogens with zero attached hydrogens (tertiary/aromatic N) is 1. The number of methoxy groups -OCH3 is 1. The van der Waals surface area contributed by atoms with Crippen molar-refractivity contribution < 1.29 is 14.3 Å². The Balaban J connectivity index is 2.48. The van der Waals surface area contributed by atoms with Crippen molar-refractivity contribution >= 4 is 17.7 Å². The van der Waals surface area contributed by atoms with Crippen LogP contribution in [0.1, 0.15) is 24.8 Å². The molecule has 1 heterocycles. The highest BCUT2D eigenvalue weighted by Gasteiger charge is 2.36. The topological polar surface area (TPSA) is 58.6 Å². The molecule has 0 saturated heterocycles. The molecule has 0 aromatic heterocycles. The van der Waals surface area contributed by atoms with Crippen molar-refractivity contribution in [2.24, 2.45) is 0 Å². The van der Waals surface area contributed by atoms with E-state index in [2.05, 4.69) is 5.32 Å². The zero-order chi connectivity index (χ0) is 14.0. The Bertz CT molecular complexity index is 501.